The lowest BCUT2D eigenvalue weighted by Crippen LogP contribution is -2.61. The number of anilines is 1. The van der Waals surface area contributed by atoms with E-state index >= 15 is 0 Å². The molecule has 1 fully saturated rings. The van der Waals surface area contributed by atoms with Crippen LogP contribution >= 0.6 is 11.6 Å². The minimum absolute atomic E-state index is 0.0151. The van der Waals surface area contributed by atoms with E-state index in [9.17, 15) is 4.79 Å². The number of benzene rings is 1. The van der Waals surface area contributed by atoms with Crippen LogP contribution in [0.5, 0.6) is 5.75 Å². The van der Waals surface area contributed by atoms with E-state index in [0.717, 1.165) is 18.8 Å². The molecule has 84 valence electrons. The zero-order valence-electron chi connectivity index (χ0n) is 8.57. The molecule has 2 aliphatic rings. The Bertz CT molecular complexity index is 446. The maximum absolute atomic E-state index is 11.8. The van der Waals surface area contributed by atoms with Crippen molar-refractivity contribution in [2.75, 3.05) is 24.6 Å². The van der Waals surface area contributed by atoms with Crippen LogP contribution in [0.15, 0.2) is 18.2 Å². The van der Waals surface area contributed by atoms with Crippen LogP contribution in [0, 0.1) is 0 Å². The zero-order valence-corrected chi connectivity index (χ0v) is 9.33. The van der Waals surface area contributed by atoms with Crippen molar-refractivity contribution in [3.8, 4) is 5.75 Å². The molecule has 2 aliphatic heterocycles. The van der Waals surface area contributed by atoms with Gasteiger partial charge in [-0.05, 0) is 12.1 Å². The highest BCUT2D eigenvalue weighted by atomic mass is 35.5. The topological polar surface area (TPSA) is 41.6 Å². The SMILES string of the molecule is O=C1COc2cc(Cl)ccc2N1C1CNC1. The van der Waals surface area contributed by atoms with Crippen LogP contribution in [0.2, 0.25) is 5.02 Å². The van der Waals surface area contributed by atoms with E-state index in [2.05, 4.69) is 5.32 Å². The van der Waals surface area contributed by atoms with E-state index in [1.807, 2.05) is 11.0 Å². The van der Waals surface area contributed by atoms with Gasteiger partial charge in [0.1, 0.15) is 5.75 Å². The highest BCUT2D eigenvalue weighted by molar-refractivity contribution is 6.30. The van der Waals surface area contributed by atoms with Crippen LogP contribution in [0.4, 0.5) is 5.69 Å². The molecule has 16 heavy (non-hydrogen) atoms. The van der Waals surface area contributed by atoms with Crippen LogP contribution in [-0.4, -0.2) is 31.6 Å². The lowest BCUT2D eigenvalue weighted by Gasteiger charge is -2.40. The summed E-state index contributed by atoms with van der Waals surface area (Å²) in [6.07, 6.45) is 0. The molecule has 5 heteroatoms. The average Bonchev–Trinajstić information content (AvgIpc) is 2.19. The van der Waals surface area contributed by atoms with Crippen molar-refractivity contribution in [1.29, 1.82) is 0 Å². The molecule has 3 rings (SSSR count). The second-order valence-corrected chi connectivity index (χ2v) is 4.41. The maximum atomic E-state index is 11.8. The molecule has 0 aliphatic carbocycles. The fraction of sp³-hybridized carbons (Fsp3) is 0.364. The third-order valence-corrected chi connectivity index (χ3v) is 3.16. The summed E-state index contributed by atoms with van der Waals surface area (Å²) in [6, 6.07) is 5.62. The first-order valence-electron chi connectivity index (χ1n) is 5.21. The summed E-state index contributed by atoms with van der Waals surface area (Å²) in [7, 11) is 0. The maximum Gasteiger partial charge on any atom is 0.265 e. The fourth-order valence-electron chi connectivity index (χ4n) is 2.00. The molecule has 0 radical (unpaired) electrons. The Hall–Kier alpha value is -1.26. The van der Waals surface area contributed by atoms with Gasteiger partial charge in [-0.1, -0.05) is 11.6 Å². The van der Waals surface area contributed by atoms with Crippen LogP contribution in [0.25, 0.3) is 0 Å². The quantitative estimate of drug-likeness (QED) is 0.795. The molecule has 0 unspecified atom stereocenters. The summed E-state index contributed by atoms with van der Waals surface area (Å²) in [4.78, 5) is 13.6. The van der Waals surface area contributed by atoms with Gasteiger partial charge in [0.05, 0.1) is 11.7 Å². The molecular weight excluding hydrogens is 228 g/mol. The van der Waals surface area contributed by atoms with Crippen molar-refractivity contribution >= 4 is 23.2 Å². The molecular formula is C11H11ClN2O2. The highest BCUT2D eigenvalue weighted by Crippen LogP contribution is 2.35. The molecule has 0 atom stereocenters. The number of nitrogens with zero attached hydrogens (tertiary/aromatic N) is 1. The fourth-order valence-corrected chi connectivity index (χ4v) is 2.16. The van der Waals surface area contributed by atoms with Gasteiger partial charge >= 0.3 is 0 Å². The molecule has 1 aromatic carbocycles. The average molecular weight is 239 g/mol. The summed E-state index contributed by atoms with van der Waals surface area (Å²) in [5.74, 6) is 0.709. The predicted molar refractivity (Wildman–Crippen MR) is 61.1 cm³/mol. The third-order valence-electron chi connectivity index (χ3n) is 2.93. The molecule has 0 spiro atoms. The Kier molecular flexibility index (Phi) is 2.26. The lowest BCUT2D eigenvalue weighted by molar-refractivity contribution is -0.122. The van der Waals surface area contributed by atoms with Crippen molar-refractivity contribution in [3.05, 3.63) is 23.2 Å². The van der Waals surface area contributed by atoms with Gasteiger partial charge in [-0.25, -0.2) is 0 Å². The lowest BCUT2D eigenvalue weighted by atomic mass is 10.1. The molecule has 0 bridgehead atoms. The monoisotopic (exact) mass is 238 g/mol. The molecule has 0 saturated carbocycles. The molecule has 1 amide bonds. The van der Waals surface area contributed by atoms with E-state index < -0.39 is 0 Å². The van der Waals surface area contributed by atoms with Gasteiger partial charge in [0.15, 0.2) is 6.61 Å². The number of ether oxygens (including phenoxy) is 1. The van der Waals surface area contributed by atoms with Crippen molar-refractivity contribution < 1.29 is 9.53 Å². The smallest absolute Gasteiger partial charge is 0.265 e. The Morgan fingerprint density at radius 2 is 2.25 bits per heavy atom. The minimum Gasteiger partial charge on any atom is -0.482 e. The van der Waals surface area contributed by atoms with Gasteiger partial charge in [0.25, 0.3) is 5.91 Å². The number of rotatable bonds is 1. The first kappa shape index (κ1) is 9.93. The summed E-state index contributed by atoms with van der Waals surface area (Å²) in [5.41, 5.74) is 0.826. The Morgan fingerprint density at radius 1 is 1.44 bits per heavy atom. The normalized spacial score (nSPS) is 20.1. The number of carbonyl (C=O) groups excluding carboxylic acids is 1. The molecule has 4 nitrogen and oxygen atoms in total. The number of halogens is 1. The Morgan fingerprint density at radius 3 is 2.94 bits per heavy atom. The van der Waals surface area contributed by atoms with E-state index in [1.165, 1.54) is 0 Å². The summed E-state index contributed by atoms with van der Waals surface area (Å²) in [5, 5.41) is 3.79. The molecule has 1 aromatic rings. The summed E-state index contributed by atoms with van der Waals surface area (Å²) < 4.78 is 5.37. The second-order valence-electron chi connectivity index (χ2n) is 3.98. The first-order chi connectivity index (χ1) is 7.75. The molecule has 0 aromatic heterocycles. The number of carbonyl (C=O) groups is 1. The number of hydrogen-bond donors (Lipinski definition) is 1. The number of fused-ring (bicyclic) bond motifs is 1. The predicted octanol–water partition coefficient (Wildman–Crippen LogP) is 1.04. The van der Waals surface area contributed by atoms with E-state index in [0.29, 0.717) is 10.8 Å². The summed E-state index contributed by atoms with van der Waals surface area (Å²) in [6.45, 7) is 1.78. The first-order valence-corrected chi connectivity index (χ1v) is 5.58. The van der Waals surface area contributed by atoms with Gasteiger partial charge in [-0.2, -0.15) is 0 Å². The van der Waals surface area contributed by atoms with Crippen molar-refractivity contribution in [1.82, 2.24) is 5.32 Å². The number of amides is 1. The van der Waals surface area contributed by atoms with Crippen LogP contribution in [0.1, 0.15) is 0 Å². The van der Waals surface area contributed by atoms with Gasteiger partial charge < -0.3 is 15.0 Å². The number of hydrogen-bond acceptors (Lipinski definition) is 3. The number of nitrogens with one attached hydrogen (secondary N) is 1. The van der Waals surface area contributed by atoms with Crippen molar-refractivity contribution in [2.24, 2.45) is 0 Å². The van der Waals surface area contributed by atoms with Crippen LogP contribution < -0.4 is 15.0 Å². The highest BCUT2D eigenvalue weighted by Gasteiger charge is 2.34. The van der Waals surface area contributed by atoms with E-state index in [1.54, 1.807) is 12.1 Å². The van der Waals surface area contributed by atoms with Gasteiger partial charge in [0, 0.05) is 24.2 Å². The van der Waals surface area contributed by atoms with Gasteiger partial charge in [0.2, 0.25) is 0 Å². The summed E-state index contributed by atoms with van der Waals surface area (Å²) >= 11 is 5.89. The van der Waals surface area contributed by atoms with Crippen molar-refractivity contribution in [2.45, 2.75) is 6.04 Å². The Balaban J connectivity index is 2.02. The molecule has 1 saturated heterocycles. The van der Waals surface area contributed by atoms with E-state index in [-0.39, 0.29) is 18.6 Å². The van der Waals surface area contributed by atoms with Gasteiger partial charge in [-0.15, -0.1) is 0 Å². The van der Waals surface area contributed by atoms with Crippen LogP contribution in [-0.2, 0) is 4.79 Å². The third kappa shape index (κ3) is 1.45. The van der Waals surface area contributed by atoms with Crippen molar-refractivity contribution in [3.63, 3.8) is 0 Å². The standard InChI is InChI=1S/C11H11ClN2O2/c12-7-1-2-9-10(3-7)16-6-11(15)14(9)8-4-13-5-8/h1-3,8,13H,4-6H2. The second kappa shape index (κ2) is 3.64. The Labute approximate surface area is 98.1 Å². The van der Waals surface area contributed by atoms with Gasteiger partial charge in [-0.3, -0.25) is 4.79 Å². The molecule has 1 N–H and O–H groups in total. The largest absolute Gasteiger partial charge is 0.482 e. The van der Waals surface area contributed by atoms with E-state index in [4.69, 9.17) is 16.3 Å². The minimum atomic E-state index is 0.0151. The van der Waals surface area contributed by atoms with Crippen LogP contribution in [0.3, 0.4) is 0 Å². The zero-order chi connectivity index (χ0) is 11.1. The molecule has 2 heterocycles.